The van der Waals surface area contributed by atoms with E-state index in [4.69, 9.17) is 0 Å². The highest BCUT2D eigenvalue weighted by molar-refractivity contribution is 5.92. The van der Waals surface area contributed by atoms with E-state index in [-0.39, 0.29) is 0 Å². The molecule has 0 radical (unpaired) electrons. The Morgan fingerprint density at radius 2 is 1.87 bits per heavy atom. The van der Waals surface area contributed by atoms with E-state index < -0.39 is 0 Å². The van der Waals surface area contributed by atoms with Gasteiger partial charge in [-0.05, 0) is 12.1 Å². The topological polar surface area (TPSA) is 41.6 Å². The minimum Gasteiger partial charge on any atom is -0.278 e. The molecule has 0 unspecified atom stereocenters. The standard InChI is InChI=1S/C12H9N3/c1-3-9-4-2-7-13-12(9)10(5-1)11-6-8-14-15-11/h1-8H,(H,14,15). The first-order valence-electron chi connectivity index (χ1n) is 4.78. The van der Waals surface area contributed by atoms with Crippen molar-refractivity contribution < 1.29 is 0 Å². The zero-order valence-corrected chi connectivity index (χ0v) is 8.01. The molecule has 0 saturated carbocycles. The summed E-state index contributed by atoms with van der Waals surface area (Å²) in [5, 5.41) is 8.05. The third-order valence-electron chi connectivity index (χ3n) is 2.42. The second kappa shape index (κ2) is 3.20. The number of nitrogens with one attached hydrogen (secondary N) is 1. The van der Waals surface area contributed by atoms with Crippen LogP contribution in [0.25, 0.3) is 22.2 Å². The third-order valence-corrected chi connectivity index (χ3v) is 2.42. The van der Waals surface area contributed by atoms with Gasteiger partial charge in [0, 0.05) is 23.3 Å². The highest BCUT2D eigenvalue weighted by Crippen LogP contribution is 2.24. The quantitative estimate of drug-likeness (QED) is 0.648. The first-order chi connectivity index (χ1) is 7.45. The number of nitrogens with zero attached hydrogens (tertiary/aromatic N) is 2. The predicted octanol–water partition coefficient (Wildman–Crippen LogP) is 2.62. The Bertz CT molecular complexity index is 579. The lowest BCUT2D eigenvalue weighted by Crippen LogP contribution is -1.84. The van der Waals surface area contributed by atoms with Crippen LogP contribution in [-0.4, -0.2) is 15.2 Å². The third kappa shape index (κ3) is 1.29. The van der Waals surface area contributed by atoms with E-state index in [0.29, 0.717) is 0 Å². The highest BCUT2D eigenvalue weighted by atomic mass is 15.1. The maximum absolute atomic E-state index is 4.39. The molecule has 15 heavy (non-hydrogen) atoms. The fourth-order valence-corrected chi connectivity index (χ4v) is 1.73. The summed E-state index contributed by atoms with van der Waals surface area (Å²) in [4.78, 5) is 4.39. The minimum atomic E-state index is 0.999. The molecule has 3 aromatic rings. The van der Waals surface area contributed by atoms with Crippen molar-refractivity contribution in [2.24, 2.45) is 0 Å². The van der Waals surface area contributed by atoms with Gasteiger partial charge in [-0.15, -0.1) is 0 Å². The van der Waals surface area contributed by atoms with Crippen LogP contribution >= 0.6 is 0 Å². The van der Waals surface area contributed by atoms with Crippen LogP contribution in [0.1, 0.15) is 0 Å². The molecule has 0 bridgehead atoms. The summed E-state index contributed by atoms with van der Waals surface area (Å²) in [7, 11) is 0. The van der Waals surface area contributed by atoms with Crippen LogP contribution < -0.4 is 0 Å². The maximum Gasteiger partial charge on any atom is 0.0795 e. The molecule has 0 fully saturated rings. The number of rotatable bonds is 1. The van der Waals surface area contributed by atoms with Crippen LogP contribution in [0.15, 0.2) is 48.8 Å². The number of hydrogen-bond acceptors (Lipinski definition) is 2. The van der Waals surface area contributed by atoms with Gasteiger partial charge in [-0.3, -0.25) is 10.1 Å². The largest absolute Gasteiger partial charge is 0.278 e. The molecule has 1 N–H and O–H groups in total. The molecule has 0 aliphatic carbocycles. The van der Waals surface area contributed by atoms with E-state index in [1.165, 1.54) is 0 Å². The van der Waals surface area contributed by atoms with Crippen molar-refractivity contribution in [3.63, 3.8) is 0 Å². The van der Waals surface area contributed by atoms with Gasteiger partial charge in [0.1, 0.15) is 0 Å². The van der Waals surface area contributed by atoms with E-state index in [2.05, 4.69) is 27.3 Å². The van der Waals surface area contributed by atoms with Crippen molar-refractivity contribution in [2.75, 3.05) is 0 Å². The van der Waals surface area contributed by atoms with Gasteiger partial charge < -0.3 is 0 Å². The van der Waals surface area contributed by atoms with E-state index in [1.54, 1.807) is 6.20 Å². The maximum atomic E-state index is 4.39. The van der Waals surface area contributed by atoms with E-state index in [9.17, 15) is 0 Å². The molecular weight excluding hydrogens is 186 g/mol. The second-order valence-electron chi connectivity index (χ2n) is 3.35. The van der Waals surface area contributed by atoms with Gasteiger partial charge >= 0.3 is 0 Å². The van der Waals surface area contributed by atoms with Crippen LogP contribution in [0.4, 0.5) is 0 Å². The number of para-hydroxylation sites is 1. The van der Waals surface area contributed by atoms with Crippen molar-refractivity contribution in [3.8, 4) is 11.3 Å². The van der Waals surface area contributed by atoms with E-state index in [1.807, 2.05) is 30.5 Å². The second-order valence-corrected chi connectivity index (χ2v) is 3.35. The summed E-state index contributed by atoms with van der Waals surface area (Å²) in [6, 6.07) is 12.1. The van der Waals surface area contributed by atoms with Crippen LogP contribution in [0.3, 0.4) is 0 Å². The van der Waals surface area contributed by atoms with E-state index >= 15 is 0 Å². The molecule has 72 valence electrons. The highest BCUT2D eigenvalue weighted by Gasteiger charge is 2.04. The number of H-pyrrole nitrogens is 1. The monoisotopic (exact) mass is 195 g/mol. The Hall–Kier alpha value is -2.16. The summed E-state index contributed by atoms with van der Waals surface area (Å²) in [6.07, 6.45) is 3.55. The molecular formula is C12H9N3. The Kier molecular flexibility index (Phi) is 1.75. The lowest BCUT2D eigenvalue weighted by molar-refractivity contribution is 1.10. The van der Waals surface area contributed by atoms with Crippen molar-refractivity contribution in [3.05, 3.63) is 48.8 Å². The zero-order chi connectivity index (χ0) is 10.1. The summed E-state index contributed by atoms with van der Waals surface area (Å²) in [5.41, 5.74) is 3.09. The summed E-state index contributed by atoms with van der Waals surface area (Å²) in [6.45, 7) is 0. The van der Waals surface area contributed by atoms with Gasteiger partial charge in [-0.2, -0.15) is 5.10 Å². The molecule has 0 aliphatic heterocycles. The molecule has 3 rings (SSSR count). The van der Waals surface area contributed by atoms with E-state index in [0.717, 1.165) is 22.2 Å². The van der Waals surface area contributed by atoms with Crippen LogP contribution in [-0.2, 0) is 0 Å². The lowest BCUT2D eigenvalue weighted by Gasteiger charge is -2.02. The molecule has 3 heteroatoms. The molecule has 0 saturated heterocycles. The zero-order valence-electron chi connectivity index (χ0n) is 8.01. The predicted molar refractivity (Wildman–Crippen MR) is 59.3 cm³/mol. The van der Waals surface area contributed by atoms with Gasteiger partial charge in [-0.25, -0.2) is 0 Å². The molecule has 2 heterocycles. The first kappa shape index (κ1) is 8.17. The average molecular weight is 195 g/mol. The van der Waals surface area contributed by atoms with Crippen molar-refractivity contribution in [1.82, 2.24) is 15.2 Å². The smallest absolute Gasteiger partial charge is 0.0795 e. The Labute approximate surface area is 86.8 Å². The SMILES string of the molecule is c1cnc2c(-c3ccn[nH]3)cccc2c1. The van der Waals surface area contributed by atoms with Gasteiger partial charge in [0.2, 0.25) is 0 Å². The van der Waals surface area contributed by atoms with Crippen LogP contribution in [0.2, 0.25) is 0 Å². The fourth-order valence-electron chi connectivity index (χ4n) is 1.73. The van der Waals surface area contributed by atoms with Crippen LogP contribution in [0, 0.1) is 0 Å². The lowest BCUT2D eigenvalue weighted by atomic mass is 10.1. The Balaban J connectivity index is 2.36. The minimum absolute atomic E-state index is 0.999. The molecule has 3 nitrogen and oxygen atoms in total. The number of hydrogen-bond donors (Lipinski definition) is 1. The molecule has 0 atom stereocenters. The fraction of sp³-hybridized carbons (Fsp3) is 0. The summed E-state index contributed by atoms with van der Waals surface area (Å²) >= 11 is 0. The van der Waals surface area contributed by atoms with Crippen molar-refractivity contribution in [2.45, 2.75) is 0 Å². The molecule has 2 aromatic heterocycles. The molecule has 0 spiro atoms. The molecule has 1 aromatic carbocycles. The number of fused-ring (bicyclic) bond motifs is 1. The van der Waals surface area contributed by atoms with Gasteiger partial charge in [0.05, 0.1) is 11.2 Å². The summed E-state index contributed by atoms with van der Waals surface area (Å²) in [5.74, 6) is 0. The Morgan fingerprint density at radius 3 is 2.73 bits per heavy atom. The number of benzene rings is 1. The first-order valence-corrected chi connectivity index (χ1v) is 4.78. The molecule has 0 aliphatic rings. The number of aromatic nitrogens is 3. The normalized spacial score (nSPS) is 10.7. The summed E-state index contributed by atoms with van der Waals surface area (Å²) < 4.78 is 0. The van der Waals surface area contributed by atoms with Crippen LogP contribution in [0.5, 0.6) is 0 Å². The van der Waals surface area contributed by atoms with Gasteiger partial charge in [0.15, 0.2) is 0 Å². The number of aromatic amines is 1. The average Bonchev–Trinajstić information content (AvgIpc) is 2.82. The van der Waals surface area contributed by atoms with Gasteiger partial charge in [-0.1, -0.05) is 24.3 Å². The Morgan fingerprint density at radius 1 is 0.933 bits per heavy atom. The van der Waals surface area contributed by atoms with Crippen molar-refractivity contribution in [1.29, 1.82) is 0 Å². The van der Waals surface area contributed by atoms with Crippen molar-refractivity contribution >= 4 is 10.9 Å². The van der Waals surface area contributed by atoms with Gasteiger partial charge in [0.25, 0.3) is 0 Å². The number of pyridine rings is 1. The molecule has 0 amide bonds.